The quantitative estimate of drug-likeness (QED) is 0.850. The standard InChI is InChI=1S/C12H20N2O2/c1-9-5-6-11(16-9)14(4)10(15)7-12(2,3)8-13/h5-6H,7-8,13H2,1-4H3. The number of carbonyl (C=O) groups is 1. The van der Waals surface area contributed by atoms with Gasteiger partial charge in [-0.1, -0.05) is 13.8 Å². The van der Waals surface area contributed by atoms with Crippen molar-refractivity contribution < 1.29 is 9.21 Å². The second-order valence-electron chi connectivity index (χ2n) is 4.88. The Morgan fingerprint density at radius 2 is 2.12 bits per heavy atom. The number of nitrogens with zero attached hydrogens (tertiary/aromatic N) is 1. The molecule has 0 radical (unpaired) electrons. The van der Waals surface area contributed by atoms with Crippen molar-refractivity contribution in [2.75, 3.05) is 18.5 Å². The minimum Gasteiger partial charge on any atom is -0.445 e. The van der Waals surface area contributed by atoms with Gasteiger partial charge in [-0.25, -0.2) is 0 Å². The van der Waals surface area contributed by atoms with Gasteiger partial charge < -0.3 is 10.2 Å². The molecule has 90 valence electrons. The van der Waals surface area contributed by atoms with Gasteiger partial charge in [0.1, 0.15) is 5.76 Å². The third kappa shape index (κ3) is 3.10. The summed E-state index contributed by atoms with van der Waals surface area (Å²) in [6.45, 7) is 6.30. The van der Waals surface area contributed by atoms with E-state index in [9.17, 15) is 4.79 Å². The monoisotopic (exact) mass is 224 g/mol. The number of anilines is 1. The molecule has 0 saturated heterocycles. The number of hydrogen-bond donors (Lipinski definition) is 1. The maximum Gasteiger partial charge on any atom is 0.229 e. The van der Waals surface area contributed by atoms with E-state index in [4.69, 9.17) is 10.2 Å². The third-order valence-corrected chi connectivity index (χ3v) is 2.61. The largest absolute Gasteiger partial charge is 0.445 e. The topological polar surface area (TPSA) is 59.5 Å². The van der Waals surface area contributed by atoms with Crippen LogP contribution in [0.3, 0.4) is 0 Å². The maximum atomic E-state index is 11.9. The molecule has 0 atom stereocenters. The molecular formula is C12H20N2O2. The summed E-state index contributed by atoms with van der Waals surface area (Å²) in [5.74, 6) is 1.40. The molecule has 0 unspecified atom stereocenters. The Labute approximate surface area is 96.4 Å². The summed E-state index contributed by atoms with van der Waals surface area (Å²) >= 11 is 0. The van der Waals surface area contributed by atoms with E-state index in [2.05, 4.69) is 0 Å². The molecule has 16 heavy (non-hydrogen) atoms. The van der Waals surface area contributed by atoms with Gasteiger partial charge in [-0.15, -0.1) is 0 Å². The molecule has 0 aliphatic heterocycles. The Morgan fingerprint density at radius 1 is 1.50 bits per heavy atom. The number of amides is 1. The molecule has 0 bridgehead atoms. The molecule has 1 aromatic rings. The first-order valence-corrected chi connectivity index (χ1v) is 5.39. The van der Waals surface area contributed by atoms with Crippen LogP contribution < -0.4 is 10.6 Å². The first-order valence-electron chi connectivity index (χ1n) is 5.39. The zero-order chi connectivity index (χ0) is 12.3. The molecule has 0 spiro atoms. The van der Waals surface area contributed by atoms with E-state index in [-0.39, 0.29) is 11.3 Å². The van der Waals surface area contributed by atoms with Gasteiger partial charge in [0.2, 0.25) is 11.8 Å². The second-order valence-corrected chi connectivity index (χ2v) is 4.88. The normalized spacial score (nSPS) is 11.6. The van der Waals surface area contributed by atoms with E-state index in [1.54, 1.807) is 13.1 Å². The molecule has 1 aromatic heterocycles. The van der Waals surface area contributed by atoms with Gasteiger partial charge in [-0.2, -0.15) is 0 Å². The molecule has 0 aliphatic rings. The maximum absolute atomic E-state index is 11.9. The number of nitrogens with two attached hydrogens (primary N) is 1. The van der Waals surface area contributed by atoms with Gasteiger partial charge in [-0.05, 0) is 24.9 Å². The van der Waals surface area contributed by atoms with Crippen LogP contribution in [0.15, 0.2) is 16.5 Å². The van der Waals surface area contributed by atoms with Crippen molar-refractivity contribution in [1.82, 2.24) is 0 Å². The molecule has 0 aliphatic carbocycles. The number of hydrogen-bond acceptors (Lipinski definition) is 3. The summed E-state index contributed by atoms with van der Waals surface area (Å²) in [5, 5.41) is 0. The van der Waals surface area contributed by atoms with Crippen molar-refractivity contribution in [3.63, 3.8) is 0 Å². The van der Waals surface area contributed by atoms with Crippen LogP contribution in [0.4, 0.5) is 5.88 Å². The fourth-order valence-corrected chi connectivity index (χ4v) is 1.32. The summed E-state index contributed by atoms with van der Waals surface area (Å²) in [4.78, 5) is 13.5. The highest BCUT2D eigenvalue weighted by atomic mass is 16.4. The van der Waals surface area contributed by atoms with Crippen LogP contribution in [0.5, 0.6) is 0 Å². The predicted molar refractivity (Wildman–Crippen MR) is 64.3 cm³/mol. The van der Waals surface area contributed by atoms with Crippen LogP contribution in [-0.2, 0) is 4.79 Å². The molecule has 1 rings (SSSR count). The highest BCUT2D eigenvalue weighted by molar-refractivity contribution is 5.91. The second kappa shape index (κ2) is 4.70. The Kier molecular flexibility index (Phi) is 3.75. The summed E-state index contributed by atoms with van der Waals surface area (Å²) in [6, 6.07) is 3.63. The Morgan fingerprint density at radius 3 is 2.56 bits per heavy atom. The van der Waals surface area contributed by atoms with Crippen molar-refractivity contribution in [1.29, 1.82) is 0 Å². The molecule has 1 heterocycles. The molecule has 4 heteroatoms. The van der Waals surface area contributed by atoms with Crippen LogP contribution in [0.1, 0.15) is 26.0 Å². The van der Waals surface area contributed by atoms with E-state index in [1.165, 1.54) is 4.90 Å². The Hall–Kier alpha value is -1.29. The van der Waals surface area contributed by atoms with Crippen molar-refractivity contribution in [3.05, 3.63) is 17.9 Å². The lowest BCUT2D eigenvalue weighted by Crippen LogP contribution is -2.34. The third-order valence-electron chi connectivity index (χ3n) is 2.61. The fourth-order valence-electron chi connectivity index (χ4n) is 1.32. The lowest BCUT2D eigenvalue weighted by atomic mass is 9.89. The van der Waals surface area contributed by atoms with Gasteiger partial charge >= 0.3 is 0 Å². The van der Waals surface area contributed by atoms with E-state index >= 15 is 0 Å². The molecule has 0 saturated carbocycles. The van der Waals surface area contributed by atoms with Gasteiger partial charge in [-0.3, -0.25) is 9.69 Å². The average molecular weight is 224 g/mol. The van der Waals surface area contributed by atoms with Crippen molar-refractivity contribution in [2.45, 2.75) is 27.2 Å². The number of furan rings is 1. The lowest BCUT2D eigenvalue weighted by molar-refractivity contribution is -0.120. The molecule has 0 aromatic carbocycles. The molecular weight excluding hydrogens is 204 g/mol. The van der Waals surface area contributed by atoms with E-state index in [0.29, 0.717) is 18.8 Å². The van der Waals surface area contributed by atoms with E-state index < -0.39 is 0 Å². The van der Waals surface area contributed by atoms with Gasteiger partial charge in [0.15, 0.2) is 0 Å². The fraction of sp³-hybridized carbons (Fsp3) is 0.583. The summed E-state index contributed by atoms with van der Waals surface area (Å²) in [6.07, 6.45) is 0.416. The van der Waals surface area contributed by atoms with E-state index in [0.717, 1.165) is 5.76 Å². The van der Waals surface area contributed by atoms with Gasteiger partial charge in [0, 0.05) is 19.5 Å². The van der Waals surface area contributed by atoms with Crippen molar-refractivity contribution in [2.24, 2.45) is 11.1 Å². The first kappa shape index (κ1) is 12.8. The molecule has 1 amide bonds. The summed E-state index contributed by atoms with van der Waals surface area (Å²) < 4.78 is 5.39. The van der Waals surface area contributed by atoms with Crippen molar-refractivity contribution >= 4 is 11.8 Å². The minimum absolute atomic E-state index is 0.0183. The number of rotatable bonds is 4. The van der Waals surface area contributed by atoms with Gasteiger partial charge in [0.25, 0.3) is 0 Å². The zero-order valence-corrected chi connectivity index (χ0v) is 10.4. The minimum atomic E-state index is -0.174. The van der Waals surface area contributed by atoms with Crippen LogP contribution in [0.2, 0.25) is 0 Å². The Bertz CT molecular complexity index is 369. The SMILES string of the molecule is Cc1ccc(N(C)C(=O)CC(C)(C)CN)o1. The summed E-state index contributed by atoms with van der Waals surface area (Å²) in [7, 11) is 1.72. The molecule has 0 fully saturated rings. The smallest absolute Gasteiger partial charge is 0.229 e. The molecule has 2 N–H and O–H groups in total. The summed E-state index contributed by atoms with van der Waals surface area (Å²) in [5.41, 5.74) is 5.43. The first-order chi connectivity index (χ1) is 7.35. The number of carbonyl (C=O) groups excluding carboxylic acids is 1. The van der Waals surface area contributed by atoms with E-state index in [1.807, 2.05) is 26.8 Å². The van der Waals surface area contributed by atoms with Crippen molar-refractivity contribution in [3.8, 4) is 0 Å². The highest BCUT2D eigenvalue weighted by Crippen LogP contribution is 2.23. The average Bonchev–Trinajstić information content (AvgIpc) is 2.63. The zero-order valence-electron chi connectivity index (χ0n) is 10.4. The lowest BCUT2D eigenvalue weighted by Gasteiger charge is -2.24. The highest BCUT2D eigenvalue weighted by Gasteiger charge is 2.24. The van der Waals surface area contributed by atoms with Crippen LogP contribution in [-0.4, -0.2) is 19.5 Å². The predicted octanol–water partition coefficient (Wildman–Crippen LogP) is 1.93. The van der Waals surface area contributed by atoms with Crippen LogP contribution >= 0.6 is 0 Å². The van der Waals surface area contributed by atoms with Gasteiger partial charge in [0.05, 0.1) is 0 Å². The van der Waals surface area contributed by atoms with Crippen LogP contribution in [0, 0.1) is 12.3 Å². The molecule has 4 nitrogen and oxygen atoms in total. The Balaban J connectivity index is 2.68. The van der Waals surface area contributed by atoms with Crippen LogP contribution in [0.25, 0.3) is 0 Å². The number of aryl methyl sites for hydroxylation is 1.